The van der Waals surface area contributed by atoms with Crippen molar-refractivity contribution in [3.63, 3.8) is 0 Å². The van der Waals surface area contributed by atoms with Crippen LogP contribution in [0.25, 0.3) is 0 Å². The second kappa shape index (κ2) is 4.78. The minimum atomic E-state index is 0.518. The summed E-state index contributed by atoms with van der Waals surface area (Å²) in [6.07, 6.45) is 7.03. The molecule has 0 saturated carbocycles. The molecular weight excluding hydrogens is 234 g/mol. The number of rotatable bonds is 3. The first-order valence-electron chi connectivity index (χ1n) is 6.57. The maximum absolute atomic E-state index is 10.9. The van der Waals surface area contributed by atoms with Crippen molar-refractivity contribution >= 4 is 18.4 Å². The van der Waals surface area contributed by atoms with Gasteiger partial charge >= 0.3 is 0 Å². The largest absolute Gasteiger partial charge is 0.337 e. The van der Waals surface area contributed by atoms with E-state index < -0.39 is 0 Å². The monoisotopic (exact) mass is 255 g/mol. The second-order valence-electron chi connectivity index (χ2n) is 5.39. The third kappa shape index (κ3) is 2.09. The van der Waals surface area contributed by atoms with Crippen LogP contribution in [-0.2, 0) is 4.79 Å². The predicted octanol–water partition coefficient (Wildman–Crippen LogP) is 0.644. The number of amides is 1. The van der Waals surface area contributed by atoms with Crippen molar-refractivity contribution in [2.75, 3.05) is 32.4 Å². The Bertz CT molecular complexity index is 281. The zero-order valence-corrected chi connectivity index (χ0v) is 11.2. The predicted molar refractivity (Wildman–Crippen MR) is 69.8 cm³/mol. The zero-order valence-electron chi connectivity index (χ0n) is 10.4. The van der Waals surface area contributed by atoms with Crippen LogP contribution < -0.4 is 0 Å². The lowest BCUT2D eigenvalue weighted by molar-refractivity contribution is -0.142. The second-order valence-corrected chi connectivity index (χ2v) is 6.27. The molecule has 4 fully saturated rings. The van der Waals surface area contributed by atoms with Crippen molar-refractivity contribution < 1.29 is 4.79 Å². The lowest BCUT2D eigenvalue weighted by Crippen LogP contribution is -2.69. The van der Waals surface area contributed by atoms with Crippen LogP contribution in [0.3, 0.4) is 0 Å². The van der Waals surface area contributed by atoms with Gasteiger partial charge in [0.15, 0.2) is 0 Å². The Labute approximate surface area is 107 Å². The molecule has 4 aliphatic heterocycles. The van der Waals surface area contributed by atoms with Gasteiger partial charge in [0.05, 0.1) is 0 Å². The van der Waals surface area contributed by atoms with Crippen LogP contribution in [0.4, 0.5) is 0 Å². The summed E-state index contributed by atoms with van der Waals surface area (Å²) in [6.45, 7) is 4.66. The summed E-state index contributed by atoms with van der Waals surface area (Å²) >= 11 is 1.87. The van der Waals surface area contributed by atoms with Gasteiger partial charge in [0.1, 0.15) is 0 Å². The van der Waals surface area contributed by atoms with Gasteiger partial charge in [-0.15, -0.1) is 0 Å². The van der Waals surface area contributed by atoms with E-state index in [9.17, 15) is 4.79 Å². The molecule has 0 N–H and O–H groups in total. The molecular formula is C12H21N3OS. The van der Waals surface area contributed by atoms with Gasteiger partial charge in [-0.1, -0.05) is 11.9 Å². The number of hydrogen-bond donors (Lipinski definition) is 0. The first kappa shape index (κ1) is 11.8. The van der Waals surface area contributed by atoms with Crippen molar-refractivity contribution in [3.05, 3.63) is 0 Å². The van der Waals surface area contributed by atoms with Gasteiger partial charge in [-0.25, -0.2) is 0 Å². The number of piperidine rings is 2. The molecule has 4 heterocycles. The Morgan fingerprint density at radius 3 is 2.29 bits per heavy atom. The third-order valence-corrected chi connectivity index (χ3v) is 5.48. The Hall–Kier alpha value is -0.260. The van der Waals surface area contributed by atoms with Gasteiger partial charge in [-0.05, 0) is 25.5 Å². The lowest BCUT2D eigenvalue weighted by Gasteiger charge is -2.57. The number of carbonyl (C=O) groups excluding carboxylic acids is 1. The van der Waals surface area contributed by atoms with Crippen molar-refractivity contribution in [1.29, 1.82) is 0 Å². The Morgan fingerprint density at radius 2 is 1.76 bits per heavy atom. The first-order valence-corrected chi connectivity index (χ1v) is 7.76. The van der Waals surface area contributed by atoms with Gasteiger partial charge in [0.2, 0.25) is 6.41 Å². The topological polar surface area (TPSA) is 26.8 Å². The molecule has 1 amide bonds. The van der Waals surface area contributed by atoms with Crippen molar-refractivity contribution in [1.82, 2.24) is 14.1 Å². The fourth-order valence-electron chi connectivity index (χ4n) is 3.53. The van der Waals surface area contributed by atoms with E-state index in [0.717, 1.165) is 25.5 Å². The van der Waals surface area contributed by atoms with Crippen LogP contribution >= 0.6 is 11.9 Å². The Balaban J connectivity index is 1.53. The summed E-state index contributed by atoms with van der Waals surface area (Å²) in [5, 5.41) is 0. The first-order chi connectivity index (χ1) is 8.31. The summed E-state index contributed by atoms with van der Waals surface area (Å²) in [6, 6.07) is 1.80. The Morgan fingerprint density at radius 1 is 1.12 bits per heavy atom. The van der Waals surface area contributed by atoms with Crippen LogP contribution in [0.5, 0.6) is 0 Å². The smallest absolute Gasteiger partial charge is 0.210 e. The van der Waals surface area contributed by atoms with Gasteiger partial charge in [0, 0.05) is 44.3 Å². The number of nitrogens with zero attached hydrogens (tertiary/aromatic N) is 3. The molecule has 0 unspecified atom stereocenters. The molecule has 4 aliphatic rings. The number of piperazine rings is 1. The Kier molecular flexibility index (Phi) is 3.32. The summed E-state index contributed by atoms with van der Waals surface area (Å²) in [5.41, 5.74) is 0. The summed E-state index contributed by atoms with van der Waals surface area (Å²) in [7, 11) is 0. The van der Waals surface area contributed by atoms with E-state index in [1.165, 1.54) is 32.4 Å². The molecule has 0 aliphatic carbocycles. The molecule has 96 valence electrons. The zero-order chi connectivity index (χ0) is 11.8. The van der Waals surface area contributed by atoms with Gasteiger partial charge in [0.25, 0.3) is 0 Å². The van der Waals surface area contributed by atoms with E-state index in [4.69, 9.17) is 0 Å². The van der Waals surface area contributed by atoms with Crippen LogP contribution in [0, 0.1) is 0 Å². The standard InChI is InChI=1S/C12H21N3OS/c1-17-14-4-2-10(3-5-14)13-7-11-6-12(8-13)15(11)9-16/h9-12H,2-8H2,1H3/t11-,12+. The van der Waals surface area contributed by atoms with E-state index in [-0.39, 0.29) is 0 Å². The van der Waals surface area contributed by atoms with E-state index in [1.807, 2.05) is 16.8 Å². The van der Waals surface area contributed by atoms with Crippen molar-refractivity contribution in [3.8, 4) is 0 Å². The molecule has 2 atom stereocenters. The van der Waals surface area contributed by atoms with Crippen LogP contribution in [0.1, 0.15) is 19.3 Å². The molecule has 0 spiro atoms. The summed E-state index contributed by atoms with van der Waals surface area (Å²) < 4.78 is 2.46. The van der Waals surface area contributed by atoms with E-state index in [1.54, 1.807) is 0 Å². The molecule has 0 aromatic carbocycles. The molecule has 4 nitrogen and oxygen atoms in total. The van der Waals surface area contributed by atoms with E-state index >= 15 is 0 Å². The highest BCUT2D eigenvalue weighted by Crippen LogP contribution is 2.33. The molecule has 4 saturated heterocycles. The normalized spacial score (nSPS) is 35.7. The maximum atomic E-state index is 10.9. The average Bonchev–Trinajstić information content (AvgIpc) is 2.39. The van der Waals surface area contributed by atoms with Gasteiger partial charge in [-0.3, -0.25) is 14.0 Å². The average molecular weight is 255 g/mol. The maximum Gasteiger partial charge on any atom is 0.210 e. The number of hydrogen-bond acceptors (Lipinski definition) is 4. The highest BCUT2D eigenvalue weighted by molar-refractivity contribution is 7.96. The molecule has 5 heteroatoms. The van der Waals surface area contributed by atoms with E-state index in [2.05, 4.69) is 15.5 Å². The molecule has 0 radical (unpaired) electrons. The molecule has 17 heavy (non-hydrogen) atoms. The fourth-order valence-corrected chi connectivity index (χ4v) is 4.11. The molecule has 4 rings (SSSR count). The van der Waals surface area contributed by atoms with Crippen LogP contribution in [0.15, 0.2) is 0 Å². The highest BCUT2D eigenvalue weighted by atomic mass is 32.2. The SMILES string of the molecule is CSN1CCC(N2C[C@H]3C[C@@H](C2)N3C=O)CC1. The van der Waals surface area contributed by atoms with Crippen LogP contribution in [-0.4, -0.2) is 71.1 Å². The lowest BCUT2D eigenvalue weighted by atomic mass is 9.86. The van der Waals surface area contributed by atoms with Crippen LogP contribution in [0.2, 0.25) is 0 Å². The minimum absolute atomic E-state index is 0.518. The van der Waals surface area contributed by atoms with E-state index in [0.29, 0.717) is 12.1 Å². The summed E-state index contributed by atoms with van der Waals surface area (Å²) in [5.74, 6) is 0. The quantitative estimate of drug-likeness (QED) is 0.546. The van der Waals surface area contributed by atoms with Gasteiger partial charge in [-0.2, -0.15) is 0 Å². The molecule has 0 aromatic heterocycles. The summed E-state index contributed by atoms with van der Waals surface area (Å²) in [4.78, 5) is 15.5. The number of fused-ring (bicyclic) bond motifs is 2. The van der Waals surface area contributed by atoms with Gasteiger partial charge < -0.3 is 4.90 Å². The van der Waals surface area contributed by atoms with Crippen molar-refractivity contribution in [2.24, 2.45) is 0 Å². The molecule has 2 bridgehead atoms. The third-order valence-electron chi connectivity index (χ3n) is 4.60. The molecule has 0 aromatic rings. The fraction of sp³-hybridized carbons (Fsp3) is 0.917. The highest BCUT2D eigenvalue weighted by Gasteiger charge is 2.45. The van der Waals surface area contributed by atoms with Crippen molar-refractivity contribution in [2.45, 2.75) is 37.4 Å². The number of carbonyl (C=O) groups is 1. The minimum Gasteiger partial charge on any atom is -0.337 e.